The molecule has 0 radical (unpaired) electrons. The predicted octanol–water partition coefficient (Wildman–Crippen LogP) is 4.95. The molecule has 3 rings (SSSR count). The third-order valence-electron chi connectivity index (χ3n) is 4.26. The van der Waals surface area contributed by atoms with E-state index in [9.17, 15) is 4.79 Å². The minimum atomic E-state index is -0.370. The Kier molecular flexibility index (Phi) is 7.63. The van der Waals surface area contributed by atoms with E-state index in [1.54, 1.807) is 36.4 Å². The highest BCUT2D eigenvalue weighted by molar-refractivity contribution is 6.31. The second kappa shape index (κ2) is 10.8. The average Bonchev–Trinajstić information content (AvgIpc) is 2.79. The lowest BCUT2D eigenvalue weighted by molar-refractivity contribution is 0.0955. The van der Waals surface area contributed by atoms with Crippen LogP contribution in [-0.2, 0) is 6.61 Å². The summed E-state index contributed by atoms with van der Waals surface area (Å²) in [6, 6.07) is 21.2. The first-order valence-electron chi connectivity index (χ1n) is 9.57. The lowest BCUT2D eigenvalue weighted by Crippen LogP contribution is -2.17. The summed E-state index contributed by atoms with van der Waals surface area (Å²) in [6.07, 6.45) is 1.52. The summed E-state index contributed by atoms with van der Waals surface area (Å²) >= 11 is 6.18. The van der Waals surface area contributed by atoms with Crippen LogP contribution in [0.3, 0.4) is 0 Å². The number of carbonyl (C=O) groups is 1. The van der Waals surface area contributed by atoms with Gasteiger partial charge in [-0.05, 0) is 61.0 Å². The number of benzene rings is 3. The highest BCUT2D eigenvalue weighted by Crippen LogP contribution is 2.29. The van der Waals surface area contributed by atoms with Crippen LogP contribution in [0.1, 0.15) is 34.0 Å². The number of hydrogen-bond acceptors (Lipinski definition) is 5. The lowest BCUT2D eigenvalue weighted by Gasteiger charge is -2.13. The molecule has 7 heteroatoms. The van der Waals surface area contributed by atoms with Crippen LogP contribution in [0, 0.1) is 11.3 Å². The van der Waals surface area contributed by atoms with Gasteiger partial charge in [-0.3, -0.25) is 4.79 Å². The molecule has 0 aliphatic rings. The maximum atomic E-state index is 12.1. The fraction of sp³-hybridized carbons (Fsp3) is 0.125. The van der Waals surface area contributed by atoms with E-state index in [0.29, 0.717) is 40.9 Å². The Labute approximate surface area is 185 Å². The van der Waals surface area contributed by atoms with E-state index in [4.69, 9.17) is 26.3 Å². The van der Waals surface area contributed by atoms with Gasteiger partial charge in [-0.2, -0.15) is 10.4 Å². The zero-order chi connectivity index (χ0) is 22.1. The monoisotopic (exact) mass is 433 g/mol. The molecule has 0 aromatic heterocycles. The molecule has 0 spiro atoms. The van der Waals surface area contributed by atoms with Crippen LogP contribution in [0.2, 0.25) is 5.02 Å². The molecule has 0 aliphatic carbocycles. The van der Waals surface area contributed by atoms with Gasteiger partial charge in [0.05, 0.1) is 24.5 Å². The number of carbonyl (C=O) groups excluding carboxylic acids is 1. The van der Waals surface area contributed by atoms with Gasteiger partial charge in [-0.1, -0.05) is 29.8 Å². The first-order valence-corrected chi connectivity index (χ1v) is 9.95. The summed E-state index contributed by atoms with van der Waals surface area (Å²) in [6.45, 7) is 2.67. The van der Waals surface area contributed by atoms with Gasteiger partial charge in [-0.25, -0.2) is 5.43 Å². The molecular formula is C24H20ClN3O3. The van der Waals surface area contributed by atoms with E-state index in [1.165, 1.54) is 6.21 Å². The van der Waals surface area contributed by atoms with Crippen LogP contribution in [0.25, 0.3) is 0 Å². The molecule has 0 saturated heterocycles. The van der Waals surface area contributed by atoms with Crippen LogP contribution in [-0.4, -0.2) is 18.7 Å². The molecule has 3 aromatic rings. The molecular weight excluding hydrogens is 414 g/mol. The Hall–Kier alpha value is -3.82. The van der Waals surface area contributed by atoms with E-state index < -0.39 is 0 Å². The minimum Gasteiger partial charge on any atom is -0.490 e. The molecule has 6 nitrogen and oxygen atoms in total. The van der Waals surface area contributed by atoms with Crippen molar-refractivity contribution in [2.24, 2.45) is 5.10 Å². The Bertz CT molecular complexity index is 1120. The number of halogens is 1. The number of nitrogens with zero attached hydrogens (tertiary/aromatic N) is 2. The molecule has 1 amide bonds. The smallest absolute Gasteiger partial charge is 0.271 e. The molecule has 1 N–H and O–H groups in total. The van der Waals surface area contributed by atoms with E-state index >= 15 is 0 Å². The van der Waals surface area contributed by atoms with Crippen molar-refractivity contribution in [3.8, 4) is 17.6 Å². The van der Waals surface area contributed by atoms with Gasteiger partial charge < -0.3 is 9.47 Å². The summed E-state index contributed by atoms with van der Waals surface area (Å²) in [7, 11) is 0. The topological polar surface area (TPSA) is 83.7 Å². The maximum absolute atomic E-state index is 12.1. The molecule has 0 unspecified atom stereocenters. The van der Waals surface area contributed by atoms with E-state index in [2.05, 4.69) is 10.5 Å². The Morgan fingerprint density at radius 1 is 1.10 bits per heavy atom. The molecule has 156 valence electrons. The van der Waals surface area contributed by atoms with Crippen molar-refractivity contribution in [2.45, 2.75) is 13.5 Å². The second-order valence-electron chi connectivity index (χ2n) is 6.41. The Balaban J connectivity index is 1.66. The quantitative estimate of drug-likeness (QED) is 0.402. The van der Waals surface area contributed by atoms with Crippen molar-refractivity contribution in [3.05, 3.63) is 94.0 Å². The van der Waals surface area contributed by atoms with Gasteiger partial charge in [0, 0.05) is 16.1 Å². The van der Waals surface area contributed by atoms with Gasteiger partial charge >= 0.3 is 0 Å². The number of ether oxygens (including phenoxy) is 2. The van der Waals surface area contributed by atoms with Crippen molar-refractivity contribution >= 4 is 23.7 Å². The molecule has 0 aliphatic heterocycles. The zero-order valence-electron chi connectivity index (χ0n) is 16.8. The zero-order valence-corrected chi connectivity index (χ0v) is 17.6. The largest absolute Gasteiger partial charge is 0.490 e. The number of nitriles is 1. The SMILES string of the molecule is CCOc1cc(/C=N\NC(=O)c2ccc(C#N)cc2)ccc1OCc1ccccc1Cl. The van der Waals surface area contributed by atoms with Crippen LogP contribution < -0.4 is 14.9 Å². The fourth-order valence-electron chi connectivity index (χ4n) is 2.69. The maximum Gasteiger partial charge on any atom is 0.271 e. The van der Waals surface area contributed by atoms with Gasteiger partial charge in [-0.15, -0.1) is 0 Å². The summed E-state index contributed by atoms with van der Waals surface area (Å²) in [5.41, 5.74) is 4.97. The Morgan fingerprint density at radius 2 is 1.87 bits per heavy atom. The van der Waals surface area contributed by atoms with Crippen LogP contribution in [0.4, 0.5) is 0 Å². The van der Waals surface area contributed by atoms with Crippen molar-refractivity contribution in [1.29, 1.82) is 5.26 Å². The molecule has 0 fully saturated rings. The first-order chi connectivity index (χ1) is 15.1. The van der Waals surface area contributed by atoms with Crippen LogP contribution >= 0.6 is 11.6 Å². The van der Waals surface area contributed by atoms with Gasteiger partial charge in [0.1, 0.15) is 6.61 Å². The highest BCUT2D eigenvalue weighted by Gasteiger charge is 2.08. The molecule has 31 heavy (non-hydrogen) atoms. The van der Waals surface area contributed by atoms with E-state index in [0.717, 1.165) is 11.1 Å². The highest BCUT2D eigenvalue weighted by atomic mass is 35.5. The number of hydrogen-bond donors (Lipinski definition) is 1. The molecule has 0 bridgehead atoms. The summed E-state index contributed by atoms with van der Waals surface area (Å²) in [5, 5.41) is 13.5. The summed E-state index contributed by atoms with van der Waals surface area (Å²) in [4.78, 5) is 12.1. The third-order valence-corrected chi connectivity index (χ3v) is 4.63. The number of hydrazone groups is 1. The predicted molar refractivity (Wildman–Crippen MR) is 120 cm³/mol. The van der Waals surface area contributed by atoms with Crippen LogP contribution in [0.15, 0.2) is 71.8 Å². The second-order valence-corrected chi connectivity index (χ2v) is 6.81. The van der Waals surface area contributed by atoms with Crippen molar-refractivity contribution < 1.29 is 14.3 Å². The molecule has 0 saturated carbocycles. The summed E-state index contributed by atoms with van der Waals surface area (Å²) < 4.78 is 11.6. The van der Waals surface area contributed by atoms with Crippen LogP contribution in [0.5, 0.6) is 11.5 Å². The van der Waals surface area contributed by atoms with E-state index in [1.807, 2.05) is 43.3 Å². The van der Waals surface area contributed by atoms with Gasteiger partial charge in [0.15, 0.2) is 11.5 Å². The first kappa shape index (κ1) is 21.9. The van der Waals surface area contributed by atoms with Gasteiger partial charge in [0.2, 0.25) is 0 Å². The van der Waals surface area contributed by atoms with Crippen molar-refractivity contribution in [2.75, 3.05) is 6.61 Å². The van der Waals surface area contributed by atoms with E-state index in [-0.39, 0.29) is 5.91 Å². The third kappa shape index (κ3) is 6.08. The van der Waals surface area contributed by atoms with Gasteiger partial charge in [0.25, 0.3) is 5.91 Å². The normalized spacial score (nSPS) is 10.5. The average molecular weight is 434 g/mol. The van der Waals surface area contributed by atoms with Crippen molar-refractivity contribution in [3.63, 3.8) is 0 Å². The molecule has 3 aromatic carbocycles. The minimum absolute atomic E-state index is 0.313. The molecule has 0 heterocycles. The van der Waals surface area contributed by atoms with Crippen molar-refractivity contribution in [1.82, 2.24) is 5.43 Å². The fourth-order valence-corrected chi connectivity index (χ4v) is 2.88. The summed E-state index contributed by atoms with van der Waals surface area (Å²) in [5.74, 6) is 0.780. The number of rotatable bonds is 8. The lowest BCUT2D eigenvalue weighted by atomic mass is 10.1. The molecule has 0 atom stereocenters. The standard InChI is InChI=1S/C24H20ClN3O3/c1-2-30-23-13-18(9-12-22(23)31-16-20-5-3-4-6-21(20)25)15-27-28-24(29)19-10-7-17(14-26)8-11-19/h3-13,15H,2,16H2,1H3,(H,28,29)/b27-15-. The Morgan fingerprint density at radius 3 is 2.58 bits per heavy atom. The number of amides is 1. The number of nitrogens with one attached hydrogen (secondary N) is 1.